The highest BCUT2D eigenvalue weighted by molar-refractivity contribution is 7.45. The SMILES string of the molecule is CCCCCCCNC(=O)/C=C/c1cn([C@H]2C[C@@H](OP3O[C@H](C[Si](C)(c4ccccc4)c4ccccc4)[C@@H]4CCCN43)[C@@H](C(C)C)O2)c(=O)[nH]c1=O. The number of hydrogen-bond acceptors (Lipinski definition) is 7. The maximum atomic E-state index is 13.1. The fourth-order valence-electron chi connectivity index (χ4n) is 7.92. The van der Waals surface area contributed by atoms with Crippen molar-refractivity contribution < 1.29 is 18.6 Å². The molecule has 6 atom stereocenters. The Hall–Kier alpha value is -3.18. The lowest BCUT2D eigenvalue weighted by molar-refractivity contribution is -0.116. The summed E-state index contributed by atoms with van der Waals surface area (Å²) in [7, 11) is -3.48. The third-order valence-electron chi connectivity index (χ3n) is 10.9. The first kappa shape index (κ1) is 38.5. The van der Waals surface area contributed by atoms with Crippen molar-refractivity contribution in [2.24, 2.45) is 5.92 Å². The highest BCUT2D eigenvalue weighted by atomic mass is 31.2. The fraction of sp³-hybridized carbons (Fsp3) is 0.525. The molecule has 1 aromatic heterocycles. The van der Waals surface area contributed by atoms with E-state index in [-0.39, 0.29) is 35.7 Å². The zero-order chi connectivity index (χ0) is 36.7. The summed E-state index contributed by atoms with van der Waals surface area (Å²) in [6.45, 7) is 10.3. The number of ether oxygens (including phenoxy) is 1. The van der Waals surface area contributed by atoms with Crippen LogP contribution in [0.3, 0.4) is 0 Å². The molecule has 12 heteroatoms. The van der Waals surface area contributed by atoms with E-state index in [9.17, 15) is 14.4 Å². The molecule has 0 saturated carbocycles. The smallest absolute Gasteiger partial charge is 0.330 e. The van der Waals surface area contributed by atoms with E-state index in [2.05, 4.69) is 103 Å². The quantitative estimate of drug-likeness (QED) is 0.0807. The summed E-state index contributed by atoms with van der Waals surface area (Å²) in [5.41, 5.74) is -0.894. The van der Waals surface area contributed by atoms with E-state index >= 15 is 0 Å². The van der Waals surface area contributed by atoms with Crippen LogP contribution in [-0.2, 0) is 18.6 Å². The molecule has 3 aliphatic rings. The second-order valence-corrected chi connectivity index (χ2v) is 20.6. The highest BCUT2D eigenvalue weighted by Gasteiger charge is 2.52. The van der Waals surface area contributed by atoms with Gasteiger partial charge in [0.25, 0.3) is 14.1 Å². The molecule has 0 bridgehead atoms. The molecule has 2 N–H and O–H groups in total. The van der Waals surface area contributed by atoms with Crippen LogP contribution in [0.25, 0.3) is 6.08 Å². The van der Waals surface area contributed by atoms with E-state index in [0.717, 1.165) is 44.7 Å². The molecule has 3 aliphatic heterocycles. The predicted octanol–water partition coefficient (Wildman–Crippen LogP) is 5.95. The normalized spacial score (nSPS) is 24.9. The van der Waals surface area contributed by atoms with Crippen molar-refractivity contribution in [1.82, 2.24) is 19.5 Å². The Bertz CT molecular complexity index is 1730. The molecular weight excluding hydrogens is 692 g/mol. The van der Waals surface area contributed by atoms with Crippen LogP contribution < -0.4 is 26.9 Å². The summed E-state index contributed by atoms with van der Waals surface area (Å²) < 4.78 is 24.2. The Morgan fingerprint density at radius 3 is 2.42 bits per heavy atom. The molecule has 1 unspecified atom stereocenters. The van der Waals surface area contributed by atoms with Crippen LogP contribution >= 0.6 is 8.53 Å². The van der Waals surface area contributed by atoms with Crippen LogP contribution in [0.15, 0.2) is 82.5 Å². The Morgan fingerprint density at radius 1 is 1.06 bits per heavy atom. The molecule has 2 aromatic carbocycles. The number of hydrogen-bond donors (Lipinski definition) is 2. The standard InChI is InChI=1S/C40H55N4O6PSi/c1-5-6-7-8-15-24-41-36(45)23-22-30-27-43(40(47)42-39(30)46)37-26-34(38(48-37)29(2)3)49-51-44-25-16-21-33(44)35(50-51)28-52(4,31-17-11-9-12-18-31)32-19-13-10-14-20-32/h9-14,17-20,22-23,27,29,33-35,37-38H,5-8,15-16,21,24-26,28H2,1-4H3,(H,41,45)(H,42,46,47)/b23-22+/t33-,34+,35+,37+,38+,51?/m0/s1. The van der Waals surface area contributed by atoms with Gasteiger partial charge in [0.05, 0.1) is 23.9 Å². The van der Waals surface area contributed by atoms with Crippen molar-refractivity contribution in [3.05, 3.63) is 99.3 Å². The molecule has 0 aliphatic carbocycles. The molecule has 1 amide bonds. The zero-order valence-corrected chi connectivity index (χ0v) is 32.9. The van der Waals surface area contributed by atoms with Gasteiger partial charge < -0.3 is 19.1 Å². The van der Waals surface area contributed by atoms with Crippen molar-refractivity contribution in [3.63, 3.8) is 0 Å². The van der Waals surface area contributed by atoms with Crippen LogP contribution in [0.2, 0.25) is 12.6 Å². The van der Waals surface area contributed by atoms with E-state index in [0.29, 0.717) is 19.0 Å². The van der Waals surface area contributed by atoms with Gasteiger partial charge in [0, 0.05) is 37.8 Å². The summed E-state index contributed by atoms with van der Waals surface area (Å²) >= 11 is 0. The van der Waals surface area contributed by atoms with Gasteiger partial charge in [-0.15, -0.1) is 0 Å². The number of fused-ring (bicyclic) bond motifs is 1. The Labute approximate surface area is 309 Å². The average molecular weight is 747 g/mol. The number of H-pyrrole nitrogens is 1. The van der Waals surface area contributed by atoms with Gasteiger partial charge in [-0.2, -0.15) is 0 Å². The lowest BCUT2D eigenvalue weighted by atomic mass is 10.0. The summed E-state index contributed by atoms with van der Waals surface area (Å²) in [5, 5.41) is 5.68. The van der Waals surface area contributed by atoms with Crippen LogP contribution in [0, 0.1) is 5.92 Å². The number of benzene rings is 2. The molecule has 3 fully saturated rings. The molecule has 280 valence electrons. The molecule has 4 heterocycles. The molecule has 6 rings (SSSR count). The Balaban J connectivity index is 1.15. The summed E-state index contributed by atoms with van der Waals surface area (Å²) in [6, 6.07) is 23.1. The molecule has 3 saturated heterocycles. The summed E-state index contributed by atoms with van der Waals surface area (Å²) in [6.07, 6.45) is 11.3. The Morgan fingerprint density at radius 2 is 1.75 bits per heavy atom. The van der Waals surface area contributed by atoms with E-state index in [1.54, 1.807) is 0 Å². The van der Waals surface area contributed by atoms with Crippen molar-refractivity contribution in [3.8, 4) is 0 Å². The van der Waals surface area contributed by atoms with Crippen molar-refractivity contribution in [2.75, 3.05) is 13.1 Å². The number of unbranched alkanes of at least 4 members (excludes halogenated alkanes) is 4. The van der Waals surface area contributed by atoms with Crippen LogP contribution in [0.4, 0.5) is 0 Å². The number of amides is 1. The maximum absolute atomic E-state index is 13.1. The van der Waals surface area contributed by atoms with E-state index < -0.39 is 34.1 Å². The largest absolute Gasteiger partial charge is 0.353 e. The van der Waals surface area contributed by atoms with Crippen molar-refractivity contribution >= 4 is 39.0 Å². The number of rotatable bonds is 16. The van der Waals surface area contributed by atoms with Crippen molar-refractivity contribution in [1.29, 1.82) is 0 Å². The van der Waals surface area contributed by atoms with Gasteiger partial charge in [0.15, 0.2) is 0 Å². The maximum Gasteiger partial charge on any atom is 0.330 e. The minimum atomic E-state index is -2.15. The number of nitrogens with zero attached hydrogens (tertiary/aromatic N) is 2. The number of aromatic amines is 1. The monoisotopic (exact) mass is 746 g/mol. The number of nitrogens with one attached hydrogen (secondary N) is 2. The summed E-state index contributed by atoms with van der Waals surface area (Å²) in [4.78, 5) is 40.7. The van der Waals surface area contributed by atoms with E-state index in [1.165, 1.54) is 46.1 Å². The third-order valence-corrected chi connectivity index (χ3v) is 17.1. The van der Waals surface area contributed by atoms with Gasteiger partial charge in [-0.25, -0.2) is 9.46 Å². The molecule has 52 heavy (non-hydrogen) atoms. The van der Waals surface area contributed by atoms with Crippen LogP contribution in [0.1, 0.15) is 83.9 Å². The van der Waals surface area contributed by atoms with E-state index in [1.807, 2.05) is 0 Å². The number of carbonyl (C=O) groups is 1. The second kappa shape index (κ2) is 17.8. The number of aromatic nitrogens is 2. The van der Waals surface area contributed by atoms with Gasteiger partial charge >= 0.3 is 5.69 Å². The first-order valence-corrected chi connectivity index (χ1v) is 23.0. The van der Waals surface area contributed by atoms with Gasteiger partial charge in [-0.1, -0.05) is 124 Å². The first-order chi connectivity index (χ1) is 25.2. The summed E-state index contributed by atoms with van der Waals surface area (Å²) in [5.74, 6) is -0.154. The van der Waals surface area contributed by atoms with Gasteiger partial charge in [-0.05, 0) is 37.3 Å². The lowest BCUT2D eigenvalue weighted by Gasteiger charge is -2.32. The molecule has 0 radical (unpaired) electrons. The van der Waals surface area contributed by atoms with Crippen molar-refractivity contribution in [2.45, 2.75) is 115 Å². The van der Waals surface area contributed by atoms with Gasteiger partial charge in [-0.3, -0.25) is 19.1 Å². The topological polar surface area (TPSA) is 115 Å². The minimum Gasteiger partial charge on any atom is -0.353 e. The molecule has 3 aromatic rings. The van der Waals surface area contributed by atoms with E-state index in [4.69, 9.17) is 13.8 Å². The predicted molar refractivity (Wildman–Crippen MR) is 210 cm³/mol. The number of carbonyl (C=O) groups excluding carboxylic acids is 1. The van der Waals surface area contributed by atoms with Crippen LogP contribution in [0.5, 0.6) is 0 Å². The molecule has 0 spiro atoms. The Kier molecular flexibility index (Phi) is 13.2. The minimum absolute atomic E-state index is 0.0516. The highest BCUT2D eigenvalue weighted by Crippen LogP contribution is 2.59. The second-order valence-electron chi connectivity index (χ2n) is 15.0. The van der Waals surface area contributed by atoms with Crippen LogP contribution in [-0.4, -0.2) is 65.6 Å². The average Bonchev–Trinajstić information content (AvgIpc) is 3.88. The third kappa shape index (κ3) is 8.95. The van der Waals surface area contributed by atoms with Gasteiger partial charge in [0.2, 0.25) is 5.91 Å². The molecular formula is C40H55N4O6PSi. The lowest BCUT2D eigenvalue weighted by Crippen LogP contribution is -2.58. The fourth-order valence-corrected chi connectivity index (χ4v) is 13.9. The van der Waals surface area contributed by atoms with Gasteiger partial charge in [0.1, 0.15) is 14.3 Å². The molecule has 10 nitrogen and oxygen atoms in total. The first-order valence-electron chi connectivity index (χ1n) is 19.2. The zero-order valence-electron chi connectivity index (χ0n) is 31.0.